The Hall–Kier alpha value is -2.11. The van der Waals surface area contributed by atoms with E-state index in [9.17, 15) is 8.42 Å². The maximum atomic E-state index is 13.0. The van der Waals surface area contributed by atoms with Gasteiger partial charge in [0.15, 0.2) is 0 Å². The molecule has 134 valence electrons. The summed E-state index contributed by atoms with van der Waals surface area (Å²) in [4.78, 5) is 0.395. The lowest BCUT2D eigenvalue weighted by molar-refractivity contribution is 0.363. The molecule has 0 heterocycles. The highest BCUT2D eigenvalue weighted by Gasteiger charge is 2.25. The molecule has 0 atom stereocenters. The van der Waals surface area contributed by atoms with Crippen molar-refractivity contribution < 1.29 is 13.2 Å². The van der Waals surface area contributed by atoms with Gasteiger partial charge < -0.3 is 4.74 Å². The van der Waals surface area contributed by atoms with Gasteiger partial charge in [-0.3, -0.25) is 0 Å². The molecule has 2 aromatic carbocycles. The van der Waals surface area contributed by atoms with Crippen molar-refractivity contribution in [3.8, 4) is 5.75 Å². The molecule has 0 aliphatic carbocycles. The van der Waals surface area contributed by atoms with Crippen LogP contribution < -0.4 is 4.74 Å². The van der Waals surface area contributed by atoms with E-state index >= 15 is 0 Å². The van der Waals surface area contributed by atoms with Gasteiger partial charge in [-0.25, -0.2) is 8.42 Å². The first-order valence-electron chi connectivity index (χ1n) is 8.12. The summed E-state index contributed by atoms with van der Waals surface area (Å²) in [6.07, 6.45) is 1.68. The lowest BCUT2D eigenvalue weighted by atomic mass is 10.1. The van der Waals surface area contributed by atoms with Crippen LogP contribution >= 0.6 is 0 Å². The fraction of sp³-hybridized carbons (Fsp3) is 0.300. The highest BCUT2D eigenvalue weighted by atomic mass is 32.2. The van der Waals surface area contributed by atoms with Crippen LogP contribution in [0.3, 0.4) is 0 Å². The van der Waals surface area contributed by atoms with Gasteiger partial charge in [-0.2, -0.15) is 4.31 Å². The Morgan fingerprint density at radius 2 is 1.64 bits per heavy atom. The summed E-state index contributed by atoms with van der Waals surface area (Å²) >= 11 is 0. The van der Waals surface area contributed by atoms with Crippen LogP contribution in [-0.4, -0.2) is 26.4 Å². The van der Waals surface area contributed by atoms with Gasteiger partial charge in [0.25, 0.3) is 0 Å². The number of sulfonamides is 1. The summed E-state index contributed by atoms with van der Waals surface area (Å²) in [7, 11) is -1.94. The minimum Gasteiger partial charge on any atom is -0.490 e. The van der Waals surface area contributed by atoms with Crippen LogP contribution in [0.15, 0.2) is 53.9 Å². The largest absolute Gasteiger partial charge is 0.490 e. The molecule has 0 radical (unpaired) electrons. The van der Waals surface area contributed by atoms with E-state index in [0.717, 1.165) is 28.0 Å². The highest BCUT2D eigenvalue weighted by molar-refractivity contribution is 7.89. The molecule has 0 aliphatic rings. The van der Waals surface area contributed by atoms with Crippen molar-refractivity contribution in [2.24, 2.45) is 0 Å². The normalized spacial score (nSPS) is 11.6. The van der Waals surface area contributed by atoms with Gasteiger partial charge in [0.2, 0.25) is 10.0 Å². The summed E-state index contributed by atoms with van der Waals surface area (Å²) in [5.74, 6) is 0.736. The first-order chi connectivity index (χ1) is 11.8. The molecule has 2 aromatic rings. The lowest BCUT2D eigenvalue weighted by Crippen LogP contribution is -2.27. The number of hydrogen-bond donors (Lipinski definition) is 0. The fourth-order valence-corrected chi connectivity index (χ4v) is 4.48. The summed E-state index contributed by atoms with van der Waals surface area (Å²) in [5.41, 5.74) is 3.52. The van der Waals surface area contributed by atoms with Crippen molar-refractivity contribution in [2.75, 3.05) is 13.7 Å². The van der Waals surface area contributed by atoms with Crippen LogP contribution in [0.2, 0.25) is 0 Å². The minimum absolute atomic E-state index is 0.302. The quantitative estimate of drug-likeness (QED) is 0.702. The molecular weight excluding hydrogens is 334 g/mol. The van der Waals surface area contributed by atoms with Crippen LogP contribution in [0.5, 0.6) is 5.75 Å². The Morgan fingerprint density at radius 1 is 1.08 bits per heavy atom. The summed E-state index contributed by atoms with van der Waals surface area (Å²) < 4.78 is 32.8. The first kappa shape index (κ1) is 19.2. The summed E-state index contributed by atoms with van der Waals surface area (Å²) in [6, 6.07) is 11.2. The average Bonchev–Trinajstić information content (AvgIpc) is 2.52. The molecule has 0 N–H and O–H groups in total. The van der Waals surface area contributed by atoms with E-state index in [1.165, 1.54) is 4.31 Å². The van der Waals surface area contributed by atoms with E-state index < -0.39 is 10.0 Å². The summed E-state index contributed by atoms with van der Waals surface area (Å²) in [6.45, 7) is 10.0. The van der Waals surface area contributed by atoms with Crippen LogP contribution in [-0.2, 0) is 16.6 Å². The molecule has 4 nitrogen and oxygen atoms in total. The van der Waals surface area contributed by atoms with Crippen molar-refractivity contribution in [1.29, 1.82) is 0 Å². The molecule has 0 spiro atoms. The SMILES string of the molecule is C=CCOc1ccc(CN(C)S(=O)(=O)c2c(C)cc(C)cc2C)cc1. The number of rotatable bonds is 7. The number of benzene rings is 2. The topological polar surface area (TPSA) is 46.6 Å². The van der Waals surface area contributed by atoms with E-state index in [1.54, 1.807) is 13.1 Å². The minimum atomic E-state index is -3.55. The molecular formula is C20H25NO3S. The molecule has 0 bridgehead atoms. The molecule has 0 amide bonds. The fourth-order valence-electron chi connectivity index (χ4n) is 2.92. The zero-order valence-electron chi connectivity index (χ0n) is 15.2. The Kier molecular flexibility index (Phi) is 6.03. The molecule has 2 rings (SSSR count). The standard InChI is InChI=1S/C20H25NO3S/c1-6-11-24-19-9-7-18(8-10-19)14-21(5)25(22,23)20-16(3)12-15(2)13-17(20)4/h6-10,12-13H,1,11,14H2,2-5H3. The van der Waals surface area contributed by atoms with Gasteiger partial charge in [-0.1, -0.05) is 42.5 Å². The van der Waals surface area contributed by atoms with Gasteiger partial charge in [-0.15, -0.1) is 0 Å². The van der Waals surface area contributed by atoms with Crippen LogP contribution in [0, 0.1) is 20.8 Å². The number of aryl methyl sites for hydroxylation is 3. The Labute approximate surface area is 150 Å². The zero-order valence-corrected chi connectivity index (χ0v) is 16.1. The lowest BCUT2D eigenvalue weighted by Gasteiger charge is -2.20. The first-order valence-corrected chi connectivity index (χ1v) is 9.56. The monoisotopic (exact) mass is 359 g/mol. The predicted octanol–water partition coefficient (Wildman–Crippen LogP) is 4.00. The van der Waals surface area contributed by atoms with Gasteiger partial charge in [0.05, 0.1) is 4.90 Å². The molecule has 0 aliphatic heterocycles. The average molecular weight is 359 g/mol. The van der Waals surface area contributed by atoms with E-state index in [-0.39, 0.29) is 0 Å². The maximum Gasteiger partial charge on any atom is 0.243 e. The zero-order chi connectivity index (χ0) is 18.6. The molecule has 0 unspecified atom stereocenters. The smallest absolute Gasteiger partial charge is 0.243 e. The predicted molar refractivity (Wildman–Crippen MR) is 101 cm³/mol. The Balaban J connectivity index is 2.22. The van der Waals surface area contributed by atoms with Crippen molar-refractivity contribution >= 4 is 10.0 Å². The number of hydrogen-bond acceptors (Lipinski definition) is 3. The number of nitrogens with zero attached hydrogens (tertiary/aromatic N) is 1. The van der Waals surface area contributed by atoms with E-state index in [1.807, 2.05) is 57.2 Å². The van der Waals surface area contributed by atoms with Crippen LogP contribution in [0.25, 0.3) is 0 Å². The van der Waals surface area contributed by atoms with Crippen LogP contribution in [0.4, 0.5) is 0 Å². The molecule has 0 fully saturated rings. The van der Waals surface area contributed by atoms with Gasteiger partial charge in [-0.05, 0) is 49.6 Å². The molecule has 5 heteroatoms. The second-order valence-corrected chi connectivity index (χ2v) is 8.21. The third-order valence-electron chi connectivity index (χ3n) is 3.97. The molecule has 0 saturated heterocycles. The van der Waals surface area contributed by atoms with Gasteiger partial charge in [0.1, 0.15) is 12.4 Å². The van der Waals surface area contributed by atoms with E-state index in [2.05, 4.69) is 6.58 Å². The molecule has 25 heavy (non-hydrogen) atoms. The van der Waals surface area contributed by atoms with E-state index in [4.69, 9.17) is 4.74 Å². The molecule has 0 aromatic heterocycles. The Morgan fingerprint density at radius 3 is 2.16 bits per heavy atom. The highest BCUT2D eigenvalue weighted by Crippen LogP contribution is 2.25. The van der Waals surface area contributed by atoms with Crippen LogP contribution in [0.1, 0.15) is 22.3 Å². The van der Waals surface area contributed by atoms with Gasteiger partial charge in [0, 0.05) is 13.6 Å². The number of ether oxygens (including phenoxy) is 1. The Bertz CT molecular complexity index is 832. The second-order valence-electron chi connectivity index (χ2n) is 6.23. The van der Waals surface area contributed by atoms with Crippen molar-refractivity contribution in [3.05, 3.63) is 71.3 Å². The third kappa shape index (κ3) is 4.50. The maximum absolute atomic E-state index is 13.0. The van der Waals surface area contributed by atoms with Crippen molar-refractivity contribution in [1.82, 2.24) is 4.31 Å². The third-order valence-corrected chi connectivity index (χ3v) is 6.08. The summed E-state index contributed by atoms with van der Waals surface area (Å²) in [5, 5.41) is 0. The second kappa shape index (κ2) is 7.85. The van der Waals surface area contributed by atoms with Gasteiger partial charge >= 0.3 is 0 Å². The van der Waals surface area contributed by atoms with Crippen molar-refractivity contribution in [3.63, 3.8) is 0 Å². The van der Waals surface area contributed by atoms with E-state index in [0.29, 0.717) is 18.0 Å². The molecule has 0 saturated carbocycles. The van der Waals surface area contributed by atoms with Crippen molar-refractivity contribution in [2.45, 2.75) is 32.2 Å².